The molecule has 0 aromatic carbocycles. The van der Waals surface area contributed by atoms with Gasteiger partial charge in [0.25, 0.3) is 0 Å². The Balaban J connectivity index is 4.29. The van der Waals surface area contributed by atoms with Gasteiger partial charge in [0.1, 0.15) is 0 Å². The highest BCUT2D eigenvalue weighted by Crippen LogP contribution is 2.43. The quantitative estimate of drug-likeness (QED) is 0.478. The molecule has 0 aliphatic rings. The number of nitrogens with two attached hydrogens (primary N) is 1. The summed E-state index contributed by atoms with van der Waals surface area (Å²) in [6, 6.07) is 0. The Morgan fingerprint density at radius 1 is 1.80 bits per heavy atom. The molecule has 0 aromatic rings. The van der Waals surface area contributed by atoms with Crippen molar-refractivity contribution in [2.45, 2.75) is 6.92 Å². The molecule has 0 aromatic heterocycles. The summed E-state index contributed by atoms with van der Waals surface area (Å²) >= 11 is 0. The largest absolute Gasteiger partial charge is 0.464 e. The molecule has 0 bridgehead atoms. The molecule has 58 valence electrons. The molecule has 10 heavy (non-hydrogen) atoms. The lowest BCUT2D eigenvalue weighted by Crippen LogP contribution is -2.10. The van der Waals surface area contributed by atoms with E-state index >= 15 is 0 Å². The maximum atomic E-state index is 10.5. The first-order valence-corrected chi connectivity index (χ1v) is 3.92. The summed E-state index contributed by atoms with van der Waals surface area (Å²) in [7, 11) is -4.28. The van der Waals surface area contributed by atoms with Crippen LogP contribution in [0.4, 0.5) is 4.79 Å². The number of hydrogen-bond donors (Lipinski definition) is 2. The van der Waals surface area contributed by atoms with E-state index in [1.807, 2.05) is 0 Å². The topological polar surface area (TPSA) is 89.6 Å². The van der Waals surface area contributed by atoms with E-state index in [-0.39, 0.29) is 5.76 Å². The zero-order valence-electron chi connectivity index (χ0n) is 5.40. The molecule has 0 fully saturated rings. The molecule has 0 radical (unpaired) electrons. The molecule has 0 rings (SSSR count). The molecule has 0 aliphatic heterocycles. The lowest BCUT2D eigenvalue weighted by molar-refractivity contribution is 0.251. The van der Waals surface area contributed by atoms with Crippen LogP contribution in [-0.4, -0.2) is 10.5 Å². The molecular weight excluding hydrogens is 157 g/mol. The molecule has 0 heterocycles. The summed E-state index contributed by atoms with van der Waals surface area (Å²) in [6.07, 6.45) is 0. The van der Waals surface area contributed by atoms with Gasteiger partial charge in [0.15, 0.2) is 0 Å². The van der Waals surface area contributed by atoms with Crippen molar-refractivity contribution in [3.8, 4) is 0 Å². The standard InChI is InChI=1S/C4H8NO4P/c1-3(2)9-10(7,8)4(5)6/h1H2,2H3,(H2,5,6)(H,7,8). The first-order valence-electron chi connectivity index (χ1n) is 2.34. The molecule has 1 amide bonds. The Kier molecular flexibility index (Phi) is 2.63. The van der Waals surface area contributed by atoms with Crippen LogP contribution in [0, 0.1) is 0 Å². The van der Waals surface area contributed by atoms with Gasteiger partial charge in [0, 0.05) is 0 Å². The van der Waals surface area contributed by atoms with Crippen molar-refractivity contribution in [1.82, 2.24) is 0 Å². The van der Waals surface area contributed by atoms with Gasteiger partial charge in [-0.05, 0) is 6.92 Å². The molecule has 0 saturated carbocycles. The number of primary amides is 1. The fourth-order valence-electron chi connectivity index (χ4n) is 0.256. The Morgan fingerprint density at radius 2 is 2.20 bits per heavy atom. The average molecular weight is 165 g/mol. The lowest BCUT2D eigenvalue weighted by Gasteiger charge is -2.07. The molecular formula is C4H8NO4P. The predicted molar refractivity (Wildman–Crippen MR) is 35.3 cm³/mol. The molecule has 5 nitrogen and oxygen atoms in total. The van der Waals surface area contributed by atoms with Crippen LogP contribution in [0.2, 0.25) is 0 Å². The molecule has 1 unspecified atom stereocenters. The van der Waals surface area contributed by atoms with Gasteiger partial charge < -0.3 is 15.2 Å². The fraction of sp³-hybridized carbons (Fsp3) is 0.250. The Morgan fingerprint density at radius 3 is 2.30 bits per heavy atom. The maximum absolute atomic E-state index is 10.5. The van der Waals surface area contributed by atoms with Crippen molar-refractivity contribution < 1.29 is 18.8 Å². The van der Waals surface area contributed by atoms with E-state index < -0.39 is 13.2 Å². The molecule has 0 aliphatic carbocycles. The van der Waals surface area contributed by atoms with Crippen LogP contribution in [0.15, 0.2) is 12.3 Å². The third kappa shape index (κ3) is 2.66. The first-order chi connectivity index (χ1) is 4.36. The summed E-state index contributed by atoms with van der Waals surface area (Å²) in [6.45, 7) is 4.50. The van der Waals surface area contributed by atoms with Crippen LogP contribution < -0.4 is 5.73 Å². The zero-order chi connectivity index (χ0) is 8.36. The number of carbonyl (C=O) groups excluding carboxylic acids is 1. The highest BCUT2D eigenvalue weighted by molar-refractivity contribution is 7.70. The SMILES string of the molecule is C=C(C)OP(=O)(O)C(N)=O. The smallest absolute Gasteiger partial charge is 0.424 e. The normalized spacial score (nSPS) is 15.4. The third-order valence-electron chi connectivity index (χ3n) is 0.558. The summed E-state index contributed by atoms with van der Waals surface area (Å²) in [4.78, 5) is 18.7. The van der Waals surface area contributed by atoms with Crippen LogP contribution in [0.1, 0.15) is 6.92 Å². The number of carbonyl (C=O) groups is 1. The van der Waals surface area contributed by atoms with Gasteiger partial charge >= 0.3 is 13.2 Å². The summed E-state index contributed by atoms with van der Waals surface area (Å²) in [5, 5.41) is 0. The number of rotatable bonds is 3. The first kappa shape index (κ1) is 9.20. The number of amides is 1. The minimum atomic E-state index is -4.28. The van der Waals surface area contributed by atoms with E-state index in [1.165, 1.54) is 6.92 Å². The fourth-order valence-corrected chi connectivity index (χ4v) is 0.769. The highest BCUT2D eigenvalue weighted by Gasteiger charge is 2.28. The van der Waals surface area contributed by atoms with Crippen molar-refractivity contribution in [2.24, 2.45) is 5.73 Å². The molecule has 3 N–H and O–H groups in total. The summed E-state index contributed by atoms with van der Waals surface area (Å²) < 4.78 is 14.7. The van der Waals surface area contributed by atoms with Crippen molar-refractivity contribution in [3.63, 3.8) is 0 Å². The van der Waals surface area contributed by atoms with Crippen LogP contribution in [0.3, 0.4) is 0 Å². The zero-order valence-corrected chi connectivity index (χ0v) is 6.30. The second-order valence-corrected chi connectivity index (χ2v) is 3.32. The van der Waals surface area contributed by atoms with Crippen LogP contribution >= 0.6 is 7.60 Å². The van der Waals surface area contributed by atoms with E-state index in [1.54, 1.807) is 0 Å². The van der Waals surface area contributed by atoms with E-state index in [2.05, 4.69) is 16.8 Å². The minimum Gasteiger partial charge on any atom is -0.424 e. The number of allylic oxidation sites excluding steroid dienone is 1. The molecule has 6 heteroatoms. The summed E-state index contributed by atoms with van der Waals surface area (Å²) in [5.74, 6) is -0.0235. The van der Waals surface area contributed by atoms with E-state index in [0.717, 1.165) is 0 Å². The van der Waals surface area contributed by atoms with Gasteiger partial charge in [0.2, 0.25) is 0 Å². The van der Waals surface area contributed by atoms with Gasteiger partial charge in [-0.15, -0.1) is 0 Å². The molecule has 1 atom stereocenters. The monoisotopic (exact) mass is 165 g/mol. The molecule has 0 spiro atoms. The van der Waals surface area contributed by atoms with Gasteiger partial charge in [-0.25, -0.2) is 4.57 Å². The van der Waals surface area contributed by atoms with Crippen molar-refractivity contribution >= 4 is 13.2 Å². The highest BCUT2D eigenvalue weighted by atomic mass is 31.2. The average Bonchev–Trinajstić information content (AvgIpc) is 1.60. The van der Waals surface area contributed by atoms with E-state index in [0.29, 0.717) is 0 Å². The van der Waals surface area contributed by atoms with Gasteiger partial charge in [-0.3, -0.25) is 4.79 Å². The second-order valence-electron chi connectivity index (χ2n) is 1.65. The Bertz CT molecular complexity index is 211. The third-order valence-corrected chi connectivity index (χ3v) is 1.67. The Hall–Kier alpha value is -0.800. The predicted octanol–water partition coefficient (Wildman–Crippen LogP) is 0.801. The second kappa shape index (κ2) is 2.86. The van der Waals surface area contributed by atoms with Gasteiger partial charge in [0.05, 0.1) is 5.76 Å². The minimum absolute atomic E-state index is 0.0235. The molecule has 0 saturated heterocycles. The van der Waals surface area contributed by atoms with Crippen LogP contribution in [-0.2, 0) is 9.09 Å². The van der Waals surface area contributed by atoms with Crippen molar-refractivity contribution in [1.29, 1.82) is 0 Å². The lowest BCUT2D eigenvalue weighted by atomic mass is 10.7. The van der Waals surface area contributed by atoms with Crippen molar-refractivity contribution in [3.05, 3.63) is 12.3 Å². The van der Waals surface area contributed by atoms with E-state index in [9.17, 15) is 9.36 Å². The number of hydrogen-bond acceptors (Lipinski definition) is 3. The van der Waals surface area contributed by atoms with Crippen LogP contribution in [0.25, 0.3) is 0 Å². The van der Waals surface area contributed by atoms with Crippen molar-refractivity contribution in [2.75, 3.05) is 0 Å². The maximum Gasteiger partial charge on any atom is 0.464 e. The van der Waals surface area contributed by atoms with Crippen LogP contribution in [0.5, 0.6) is 0 Å². The Labute approximate surface area is 58.0 Å². The summed E-state index contributed by atoms with van der Waals surface area (Å²) in [5.41, 5.74) is 3.12. The van der Waals surface area contributed by atoms with E-state index in [4.69, 9.17) is 4.89 Å². The van der Waals surface area contributed by atoms with Gasteiger partial charge in [-0.2, -0.15) is 0 Å². The van der Waals surface area contributed by atoms with Gasteiger partial charge in [-0.1, -0.05) is 6.58 Å².